The molecule has 2 aromatic carbocycles. The summed E-state index contributed by atoms with van der Waals surface area (Å²) in [6, 6.07) is 13.3. The maximum Gasteiger partial charge on any atom is 0.408 e. The van der Waals surface area contributed by atoms with E-state index in [0.29, 0.717) is 17.7 Å². The predicted octanol–water partition coefficient (Wildman–Crippen LogP) is 2.22. The van der Waals surface area contributed by atoms with E-state index in [2.05, 4.69) is 10.6 Å². The molecule has 0 spiro atoms. The highest BCUT2D eigenvalue weighted by Gasteiger charge is 2.29. The van der Waals surface area contributed by atoms with Gasteiger partial charge in [0.25, 0.3) is 0 Å². The average molecular weight is 314 g/mol. The van der Waals surface area contributed by atoms with Crippen molar-refractivity contribution in [3.05, 3.63) is 59.9 Å². The third-order valence-electron chi connectivity index (χ3n) is 3.58. The lowest BCUT2D eigenvalue weighted by atomic mass is 10.0. The van der Waals surface area contributed by atoms with Gasteiger partial charge in [-0.15, -0.1) is 0 Å². The summed E-state index contributed by atoms with van der Waals surface area (Å²) in [5.41, 5.74) is 1.81. The second-order valence-corrected chi connectivity index (χ2v) is 5.20. The topological polar surface area (TPSA) is 67.4 Å². The number of alkyl carbamates (subject to hydrolysis) is 1. The second kappa shape index (κ2) is 6.48. The summed E-state index contributed by atoms with van der Waals surface area (Å²) in [6.07, 6.45) is -0.697. The minimum absolute atomic E-state index is 0.0633. The number of amides is 2. The highest BCUT2D eigenvalue weighted by molar-refractivity contribution is 5.90. The SMILES string of the molecule is O=C(N[C@H]1CNC1=O)OCc1ccc(-c2ccccc2)c(F)c1. The van der Waals surface area contributed by atoms with E-state index in [9.17, 15) is 14.0 Å². The number of halogens is 1. The Morgan fingerprint density at radius 3 is 2.65 bits per heavy atom. The van der Waals surface area contributed by atoms with Crippen LogP contribution in [0.2, 0.25) is 0 Å². The van der Waals surface area contributed by atoms with Gasteiger partial charge in [-0.1, -0.05) is 42.5 Å². The molecule has 1 aliphatic heterocycles. The lowest BCUT2D eigenvalue weighted by Gasteiger charge is -2.26. The molecule has 118 valence electrons. The van der Waals surface area contributed by atoms with E-state index in [1.807, 2.05) is 30.3 Å². The largest absolute Gasteiger partial charge is 0.445 e. The zero-order valence-corrected chi connectivity index (χ0v) is 12.2. The molecule has 0 unspecified atom stereocenters. The van der Waals surface area contributed by atoms with E-state index in [0.717, 1.165) is 5.56 Å². The Morgan fingerprint density at radius 2 is 2.04 bits per heavy atom. The summed E-state index contributed by atoms with van der Waals surface area (Å²) in [7, 11) is 0. The fourth-order valence-electron chi connectivity index (χ4n) is 2.24. The monoisotopic (exact) mass is 314 g/mol. The standard InChI is InChI=1S/C17H15FN2O3/c18-14-8-11(6-7-13(14)12-4-2-1-3-5-12)10-23-17(22)20-15-9-19-16(15)21/h1-8,15H,9-10H2,(H,19,21)(H,20,22)/t15-/m0/s1. The van der Waals surface area contributed by atoms with Gasteiger partial charge in [0.05, 0.1) is 0 Å². The van der Waals surface area contributed by atoms with Crippen molar-refractivity contribution < 1.29 is 18.7 Å². The van der Waals surface area contributed by atoms with Crippen molar-refractivity contribution in [3.63, 3.8) is 0 Å². The predicted molar refractivity (Wildman–Crippen MR) is 82.0 cm³/mol. The van der Waals surface area contributed by atoms with E-state index in [1.165, 1.54) is 6.07 Å². The molecule has 1 heterocycles. The molecule has 2 N–H and O–H groups in total. The van der Waals surface area contributed by atoms with Crippen LogP contribution >= 0.6 is 0 Å². The molecule has 6 heteroatoms. The molecule has 3 rings (SSSR count). The van der Waals surface area contributed by atoms with Crippen molar-refractivity contribution in [2.24, 2.45) is 0 Å². The van der Waals surface area contributed by atoms with Crippen LogP contribution in [0.15, 0.2) is 48.5 Å². The Balaban J connectivity index is 1.60. The molecule has 2 aromatic rings. The Bertz CT molecular complexity index is 734. The van der Waals surface area contributed by atoms with Gasteiger partial charge in [-0.3, -0.25) is 4.79 Å². The lowest BCUT2D eigenvalue weighted by Crippen LogP contribution is -2.61. The van der Waals surface area contributed by atoms with Crippen molar-refractivity contribution in [3.8, 4) is 11.1 Å². The highest BCUT2D eigenvalue weighted by Crippen LogP contribution is 2.23. The number of ether oxygens (including phenoxy) is 1. The quantitative estimate of drug-likeness (QED) is 0.850. The summed E-state index contributed by atoms with van der Waals surface area (Å²) in [4.78, 5) is 22.6. The van der Waals surface area contributed by atoms with Gasteiger partial charge in [-0.25, -0.2) is 9.18 Å². The van der Waals surface area contributed by atoms with Crippen LogP contribution in [0.4, 0.5) is 9.18 Å². The summed E-state index contributed by atoms with van der Waals surface area (Å²) in [6.45, 7) is 0.334. The number of benzene rings is 2. The number of hydrogen-bond donors (Lipinski definition) is 2. The molecule has 0 aromatic heterocycles. The third-order valence-corrected chi connectivity index (χ3v) is 3.58. The number of β-lactam (4-membered cyclic amide) rings is 1. The number of carbonyl (C=O) groups excluding carboxylic acids is 2. The first-order valence-electron chi connectivity index (χ1n) is 7.18. The molecule has 1 fully saturated rings. The Labute approximate surface area is 132 Å². The van der Waals surface area contributed by atoms with E-state index in [4.69, 9.17) is 4.74 Å². The molecule has 5 nitrogen and oxygen atoms in total. The van der Waals surface area contributed by atoms with Crippen molar-refractivity contribution in [2.45, 2.75) is 12.6 Å². The number of hydrogen-bond acceptors (Lipinski definition) is 3. The molecule has 1 saturated heterocycles. The number of rotatable bonds is 4. The van der Waals surface area contributed by atoms with E-state index < -0.39 is 12.1 Å². The van der Waals surface area contributed by atoms with Gasteiger partial charge >= 0.3 is 6.09 Å². The number of carbonyl (C=O) groups is 2. The van der Waals surface area contributed by atoms with Gasteiger partial charge in [0, 0.05) is 12.1 Å². The second-order valence-electron chi connectivity index (χ2n) is 5.20. The maximum absolute atomic E-state index is 14.2. The Kier molecular flexibility index (Phi) is 4.23. The van der Waals surface area contributed by atoms with Crippen LogP contribution < -0.4 is 10.6 Å². The minimum atomic E-state index is -0.697. The van der Waals surface area contributed by atoms with Gasteiger partial charge in [-0.2, -0.15) is 0 Å². The Morgan fingerprint density at radius 1 is 1.26 bits per heavy atom. The van der Waals surface area contributed by atoms with Crippen molar-refractivity contribution >= 4 is 12.0 Å². The maximum atomic E-state index is 14.2. The molecule has 2 amide bonds. The normalized spacial score (nSPS) is 16.2. The first-order chi connectivity index (χ1) is 11.1. The highest BCUT2D eigenvalue weighted by atomic mass is 19.1. The molecule has 23 heavy (non-hydrogen) atoms. The zero-order chi connectivity index (χ0) is 16.2. The van der Waals surface area contributed by atoms with Crippen LogP contribution in [0, 0.1) is 5.82 Å². The molecular formula is C17H15FN2O3. The number of nitrogens with one attached hydrogen (secondary N) is 2. The summed E-state index contributed by atoms with van der Waals surface area (Å²) in [5.74, 6) is -0.615. The first-order valence-corrected chi connectivity index (χ1v) is 7.18. The van der Waals surface area contributed by atoms with Crippen LogP contribution in [0.25, 0.3) is 11.1 Å². The van der Waals surface area contributed by atoms with E-state index >= 15 is 0 Å². The molecule has 1 aliphatic rings. The third kappa shape index (κ3) is 3.48. The van der Waals surface area contributed by atoms with Gasteiger partial charge in [0.2, 0.25) is 5.91 Å². The van der Waals surface area contributed by atoms with Crippen LogP contribution in [-0.4, -0.2) is 24.6 Å². The van der Waals surface area contributed by atoms with Gasteiger partial charge < -0.3 is 15.4 Å². The van der Waals surface area contributed by atoms with E-state index in [-0.39, 0.29) is 18.3 Å². The summed E-state index contributed by atoms with van der Waals surface area (Å²) in [5, 5.41) is 4.93. The fraction of sp³-hybridized carbons (Fsp3) is 0.176. The Hall–Kier alpha value is -2.89. The first kappa shape index (κ1) is 15.0. The fourth-order valence-corrected chi connectivity index (χ4v) is 2.24. The smallest absolute Gasteiger partial charge is 0.408 e. The molecule has 1 atom stereocenters. The van der Waals surface area contributed by atoms with Crippen LogP contribution in [0.1, 0.15) is 5.56 Å². The molecule has 0 radical (unpaired) electrons. The molecule has 0 bridgehead atoms. The van der Waals surface area contributed by atoms with Crippen molar-refractivity contribution in [1.82, 2.24) is 10.6 Å². The van der Waals surface area contributed by atoms with Crippen molar-refractivity contribution in [1.29, 1.82) is 0 Å². The lowest BCUT2D eigenvalue weighted by molar-refractivity contribution is -0.128. The van der Waals surface area contributed by atoms with Gasteiger partial charge in [0.15, 0.2) is 0 Å². The molecular weight excluding hydrogens is 299 g/mol. The van der Waals surface area contributed by atoms with Gasteiger partial charge in [0.1, 0.15) is 18.5 Å². The van der Waals surface area contributed by atoms with Crippen LogP contribution in [0.5, 0.6) is 0 Å². The average Bonchev–Trinajstić information content (AvgIpc) is 2.57. The van der Waals surface area contributed by atoms with Crippen molar-refractivity contribution in [2.75, 3.05) is 6.54 Å². The summed E-state index contributed by atoms with van der Waals surface area (Å²) >= 11 is 0. The van der Waals surface area contributed by atoms with Crippen LogP contribution in [-0.2, 0) is 16.1 Å². The summed E-state index contributed by atoms with van der Waals surface area (Å²) < 4.78 is 19.2. The van der Waals surface area contributed by atoms with E-state index in [1.54, 1.807) is 12.1 Å². The molecule has 0 saturated carbocycles. The molecule has 0 aliphatic carbocycles. The zero-order valence-electron chi connectivity index (χ0n) is 12.2. The minimum Gasteiger partial charge on any atom is -0.445 e. The van der Waals surface area contributed by atoms with Gasteiger partial charge in [-0.05, 0) is 17.2 Å². The van der Waals surface area contributed by atoms with Crippen LogP contribution in [0.3, 0.4) is 0 Å².